The molecule has 0 aromatic heterocycles. The van der Waals surface area contributed by atoms with Crippen molar-refractivity contribution in [2.24, 2.45) is 5.73 Å². The number of methoxy groups -OCH3 is 1. The van der Waals surface area contributed by atoms with Crippen LogP contribution in [0.15, 0.2) is 6.07 Å². The van der Waals surface area contributed by atoms with E-state index >= 15 is 0 Å². The smallest absolute Gasteiger partial charge is 0.162 e. The van der Waals surface area contributed by atoms with Crippen LogP contribution in [0.25, 0.3) is 0 Å². The van der Waals surface area contributed by atoms with Crippen LogP contribution >= 0.6 is 11.6 Å². The van der Waals surface area contributed by atoms with Crippen molar-refractivity contribution in [2.45, 2.75) is 31.7 Å². The van der Waals surface area contributed by atoms with Crippen molar-refractivity contribution in [1.29, 1.82) is 0 Å². The SMILES string of the molecule is COc1cc(Cl)c(C)c(CC2(N)CC2)c1O. The van der Waals surface area contributed by atoms with Crippen LogP contribution in [0.5, 0.6) is 11.5 Å². The highest BCUT2D eigenvalue weighted by Crippen LogP contribution is 2.43. The molecule has 0 amide bonds. The Labute approximate surface area is 100 Å². The maximum absolute atomic E-state index is 10.0. The molecule has 88 valence electrons. The van der Waals surface area contributed by atoms with Gasteiger partial charge in [0.25, 0.3) is 0 Å². The lowest BCUT2D eigenvalue weighted by molar-refractivity contribution is 0.369. The first-order chi connectivity index (χ1) is 7.47. The van der Waals surface area contributed by atoms with Gasteiger partial charge in [0.05, 0.1) is 7.11 Å². The highest BCUT2D eigenvalue weighted by molar-refractivity contribution is 6.31. The van der Waals surface area contributed by atoms with E-state index in [-0.39, 0.29) is 11.3 Å². The van der Waals surface area contributed by atoms with Gasteiger partial charge in [-0.1, -0.05) is 11.6 Å². The average Bonchev–Trinajstić information content (AvgIpc) is 2.97. The molecule has 0 radical (unpaired) electrons. The Bertz CT molecular complexity index is 428. The van der Waals surface area contributed by atoms with Crippen LogP contribution in [0.2, 0.25) is 5.02 Å². The third kappa shape index (κ3) is 1.97. The molecule has 1 aromatic carbocycles. The molecule has 1 saturated carbocycles. The molecule has 0 unspecified atom stereocenters. The van der Waals surface area contributed by atoms with E-state index in [2.05, 4.69) is 0 Å². The second kappa shape index (κ2) is 3.82. The van der Waals surface area contributed by atoms with Crippen molar-refractivity contribution in [1.82, 2.24) is 0 Å². The van der Waals surface area contributed by atoms with Gasteiger partial charge in [0.15, 0.2) is 11.5 Å². The normalized spacial score (nSPS) is 17.2. The van der Waals surface area contributed by atoms with Crippen molar-refractivity contribution in [3.8, 4) is 11.5 Å². The molecule has 3 N–H and O–H groups in total. The summed E-state index contributed by atoms with van der Waals surface area (Å²) < 4.78 is 5.08. The number of phenols is 1. The molecule has 4 heteroatoms. The van der Waals surface area contributed by atoms with Gasteiger partial charge in [-0.05, 0) is 31.7 Å². The first-order valence-electron chi connectivity index (χ1n) is 5.31. The van der Waals surface area contributed by atoms with E-state index in [0.717, 1.165) is 24.0 Å². The molecule has 3 nitrogen and oxygen atoms in total. The summed E-state index contributed by atoms with van der Waals surface area (Å²) in [6.45, 7) is 1.89. The maximum atomic E-state index is 10.0. The predicted octanol–water partition coefficient (Wildman–Crippen LogP) is 2.40. The van der Waals surface area contributed by atoms with Gasteiger partial charge in [-0.15, -0.1) is 0 Å². The second-order valence-corrected chi connectivity index (χ2v) is 4.96. The lowest BCUT2D eigenvalue weighted by atomic mass is 9.98. The van der Waals surface area contributed by atoms with Crippen molar-refractivity contribution in [3.05, 3.63) is 22.2 Å². The lowest BCUT2D eigenvalue weighted by Gasteiger charge is -2.16. The van der Waals surface area contributed by atoms with Gasteiger partial charge in [-0.25, -0.2) is 0 Å². The van der Waals surface area contributed by atoms with Gasteiger partial charge in [0.1, 0.15) is 0 Å². The summed E-state index contributed by atoms with van der Waals surface area (Å²) in [5, 5.41) is 10.7. The van der Waals surface area contributed by atoms with Crippen molar-refractivity contribution >= 4 is 11.6 Å². The van der Waals surface area contributed by atoms with E-state index < -0.39 is 0 Å². The molecule has 0 bridgehead atoms. The van der Waals surface area contributed by atoms with Crippen molar-refractivity contribution < 1.29 is 9.84 Å². The summed E-state index contributed by atoms with van der Waals surface area (Å²) in [4.78, 5) is 0. The van der Waals surface area contributed by atoms with Crippen LogP contribution < -0.4 is 10.5 Å². The van der Waals surface area contributed by atoms with Gasteiger partial charge in [0.2, 0.25) is 0 Å². The van der Waals surface area contributed by atoms with E-state index in [9.17, 15) is 5.11 Å². The molecular weight excluding hydrogens is 226 g/mol. The third-order valence-corrected chi connectivity index (χ3v) is 3.62. The largest absolute Gasteiger partial charge is 0.504 e. The molecule has 0 atom stereocenters. The Balaban J connectivity index is 2.44. The Morgan fingerprint density at radius 2 is 2.19 bits per heavy atom. The Hall–Kier alpha value is -0.930. The molecule has 1 aliphatic carbocycles. The molecule has 0 aliphatic heterocycles. The number of nitrogens with two attached hydrogens (primary N) is 1. The van der Waals surface area contributed by atoms with Gasteiger partial charge < -0.3 is 15.6 Å². The zero-order valence-electron chi connectivity index (χ0n) is 9.51. The highest BCUT2D eigenvalue weighted by atomic mass is 35.5. The summed E-state index contributed by atoms with van der Waals surface area (Å²) in [7, 11) is 1.51. The number of halogens is 1. The molecule has 16 heavy (non-hydrogen) atoms. The zero-order chi connectivity index (χ0) is 11.9. The zero-order valence-corrected chi connectivity index (χ0v) is 10.3. The fraction of sp³-hybridized carbons (Fsp3) is 0.500. The summed E-state index contributed by atoms with van der Waals surface area (Å²) in [5.41, 5.74) is 7.60. The standard InChI is InChI=1S/C12H16ClNO2/c1-7-8(6-12(14)3-4-12)11(15)10(16-2)5-9(7)13/h5,15H,3-4,6,14H2,1-2H3. The van der Waals surface area contributed by atoms with E-state index in [1.54, 1.807) is 6.07 Å². The van der Waals surface area contributed by atoms with E-state index in [4.69, 9.17) is 22.1 Å². The summed E-state index contributed by atoms with van der Waals surface area (Å²) >= 11 is 6.09. The summed E-state index contributed by atoms with van der Waals surface area (Å²) in [6, 6.07) is 1.63. The van der Waals surface area contributed by atoms with E-state index in [1.807, 2.05) is 6.92 Å². The predicted molar refractivity (Wildman–Crippen MR) is 64.3 cm³/mol. The van der Waals surface area contributed by atoms with Gasteiger partial charge >= 0.3 is 0 Å². The molecule has 0 spiro atoms. The minimum atomic E-state index is -0.155. The first-order valence-corrected chi connectivity index (χ1v) is 5.68. The first kappa shape index (κ1) is 11.6. The number of rotatable bonds is 3. The van der Waals surface area contributed by atoms with Crippen LogP contribution in [0, 0.1) is 6.92 Å². The number of ether oxygens (including phenoxy) is 1. The molecule has 0 saturated heterocycles. The minimum absolute atomic E-state index is 0.155. The number of aromatic hydroxyl groups is 1. The Kier molecular flexibility index (Phi) is 2.76. The molecule has 1 aromatic rings. The molecule has 0 heterocycles. The fourth-order valence-electron chi connectivity index (χ4n) is 1.82. The van der Waals surface area contributed by atoms with E-state index in [1.165, 1.54) is 7.11 Å². The minimum Gasteiger partial charge on any atom is -0.504 e. The number of phenolic OH excluding ortho intramolecular Hbond substituents is 1. The summed E-state index contributed by atoms with van der Waals surface area (Å²) in [5.74, 6) is 0.580. The second-order valence-electron chi connectivity index (χ2n) is 4.55. The van der Waals surface area contributed by atoms with Crippen LogP contribution in [0.3, 0.4) is 0 Å². The molecular formula is C12H16ClNO2. The average molecular weight is 242 g/mol. The quantitative estimate of drug-likeness (QED) is 0.855. The number of hydrogen-bond donors (Lipinski definition) is 2. The van der Waals surface area contributed by atoms with Crippen molar-refractivity contribution in [2.75, 3.05) is 7.11 Å². The molecule has 1 fully saturated rings. The Morgan fingerprint density at radius 1 is 1.56 bits per heavy atom. The third-order valence-electron chi connectivity index (χ3n) is 3.23. The van der Waals surface area contributed by atoms with Gasteiger partial charge in [-0.2, -0.15) is 0 Å². The molecule has 2 rings (SSSR count). The topological polar surface area (TPSA) is 55.5 Å². The number of benzene rings is 1. The van der Waals surface area contributed by atoms with Crippen LogP contribution in [-0.2, 0) is 6.42 Å². The fourth-order valence-corrected chi connectivity index (χ4v) is 2.04. The highest BCUT2D eigenvalue weighted by Gasteiger charge is 2.39. The molecule has 1 aliphatic rings. The van der Waals surface area contributed by atoms with Gasteiger partial charge in [0, 0.05) is 22.2 Å². The monoisotopic (exact) mass is 241 g/mol. The lowest BCUT2D eigenvalue weighted by Crippen LogP contribution is -2.25. The maximum Gasteiger partial charge on any atom is 0.162 e. The van der Waals surface area contributed by atoms with Crippen LogP contribution in [0.1, 0.15) is 24.0 Å². The number of hydrogen-bond acceptors (Lipinski definition) is 3. The van der Waals surface area contributed by atoms with Gasteiger partial charge in [-0.3, -0.25) is 0 Å². The van der Waals surface area contributed by atoms with E-state index in [0.29, 0.717) is 17.2 Å². The summed E-state index contributed by atoms with van der Waals surface area (Å²) in [6.07, 6.45) is 2.66. The van der Waals surface area contributed by atoms with Crippen molar-refractivity contribution in [3.63, 3.8) is 0 Å². The Morgan fingerprint density at radius 3 is 2.69 bits per heavy atom. The van der Waals surface area contributed by atoms with Crippen LogP contribution in [-0.4, -0.2) is 17.8 Å². The van der Waals surface area contributed by atoms with Crippen LogP contribution in [0.4, 0.5) is 0 Å².